The van der Waals surface area contributed by atoms with Gasteiger partial charge in [0, 0.05) is 0 Å². The Balaban J connectivity index is 2.71. The van der Waals surface area contributed by atoms with Crippen LogP contribution >= 0.6 is 0 Å². The van der Waals surface area contributed by atoms with Gasteiger partial charge in [0.25, 0.3) is 0 Å². The van der Waals surface area contributed by atoms with E-state index in [2.05, 4.69) is 0 Å². The number of benzene rings is 1. The van der Waals surface area contributed by atoms with Gasteiger partial charge in [-0.25, -0.2) is 0 Å². The first-order valence-electron chi connectivity index (χ1n) is 4.05. The molecule has 0 saturated heterocycles. The summed E-state index contributed by atoms with van der Waals surface area (Å²) in [5.41, 5.74) is 0. The fraction of sp³-hybridized carbons (Fsp3) is 0.200. The van der Waals surface area contributed by atoms with E-state index in [0.29, 0.717) is 16.9 Å². The third-order valence-electron chi connectivity index (χ3n) is 2.03. The maximum atomic E-state index is 13.2. The predicted molar refractivity (Wildman–Crippen MR) is 54.0 cm³/mol. The number of fused-ring (bicyclic) bond motifs is 1. The summed E-state index contributed by atoms with van der Waals surface area (Å²) in [7, 11) is 3.13. The van der Waals surface area contributed by atoms with Gasteiger partial charge >= 0.3 is 86.6 Å². The van der Waals surface area contributed by atoms with E-state index in [-0.39, 0.29) is 20.3 Å². The first-order valence-corrected chi connectivity index (χ1v) is 5.89. The van der Waals surface area contributed by atoms with Crippen molar-refractivity contribution in [1.29, 1.82) is 0 Å². The molecule has 1 aromatic heterocycles. The van der Waals surface area contributed by atoms with E-state index in [1.165, 1.54) is 0 Å². The molecule has 0 aliphatic heterocycles. The molecule has 74 valence electrons. The van der Waals surface area contributed by atoms with E-state index in [4.69, 9.17) is 9.47 Å². The van der Waals surface area contributed by atoms with Crippen LogP contribution in [-0.2, 0) is 0 Å². The fourth-order valence-corrected chi connectivity index (χ4v) is 3.03. The Morgan fingerprint density at radius 2 is 1.79 bits per heavy atom. The van der Waals surface area contributed by atoms with Crippen molar-refractivity contribution in [2.24, 2.45) is 0 Å². The second-order valence-corrected chi connectivity index (χ2v) is 4.70. The van der Waals surface area contributed by atoms with Crippen molar-refractivity contribution >= 4 is 24.1 Å². The molecule has 4 heteroatoms. The average Bonchev–Trinajstić information content (AvgIpc) is 2.58. The van der Waals surface area contributed by atoms with Gasteiger partial charge < -0.3 is 0 Å². The van der Waals surface area contributed by atoms with Crippen molar-refractivity contribution in [3.05, 3.63) is 22.9 Å². The summed E-state index contributed by atoms with van der Waals surface area (Å²) in [6, 6.07) is 3.53. The number of hydrogen-bond donors (Lipinski definition) is 0. The molecule has 0 aliphatic carbocycles. The molecular formula is C10H9FO2Se. The summed E-state index contributed by atoms with van der Waals surface area (Å²) in [4.78, 5) is 1.62. The Morgan fingerprint density at radius 1 is 1.14 bits per heavy atom. The quantitative estimate of drug-likeness (QED) is 0.768. The van der Waals surface area contributed by atoms with E-state index in [0.717, 1.165) is 4.26 Å². The summed E-state index contributed by atoms with van der Waals surface area (Å²) < 4.78 is 24.5. The summed E-state index contributed by atoms with van der Waals surface area (Å²) in [5.74, 6) is 1.09. The number of ether oxygens (including phenoxy) is 2. The maximum absolute atomic E-state index is 13.2. The first kappa shape index (κ1) is 9.56. The Morgan fingerprint density at radius 3 is 2.43 bits per heavy atom. The number of hydrogen-bond acceptors (Lipinski definition) is 2. The monoisotopic (exact) mass is 260 g/mol. The molecular weight excluding hydrogens is 250 g/mol. The van der Waals surface area contributed by atoms with Crippen molar-refractivity contribution < 1.29 is 13.9 Å². The zero-order chi connectivity index (χ0) is 10.1. The van der Waals surface area contributed by atoms with Crippen LogP contribution in [0.5, 0.6) is 11.5 Å². The molecule has 0 fully saturated rings. The Bertz CT molecular complexity index is 464. The van der Waals surface area contributed by atoms with Gasteiger partial charge in [-0.1, -0.05) is 0 Å². The summed E-state index contributed by atoms with van der Waals surface area (Å²) in [6.07, 6.45) is 0. The van der Waals surface area contributed by atoms with Crippen LogP contribution in [-0.4, -0.2) is 28.7 Å². The molecule has 0 saturated carbocycles. The van der Waals surface area contributed by atoms with E-state index >= 15 is 0 Å². The molecule has 1 heterocycles. The fourth-order valence-electron chi connectivity index (χ4n) is 1.32. The SMILES string of the molecule is COc1cc2[se]cc(F)c2cc1OC. The van der Waals surface area contributed by atoms with Crippen molar-refractivity contribution in [3.8, 4) is 11.5 Å². The van der Waals surface area contributed by atoms with Gasteiger partial charge in [0.15, 0.2) is 0 Å². The number of rotatable bonds is 2. The Hall–Kier alpha value is -0.991. The van der Waals surface area contributed by atoms with Crippen LogP contribution in [0.2, 0.25) is 0 Å². The first-order chi connectivity index (χ1) is 6.76. The van der Waals surface area contributed by atoms with Crippen molar-refractivity contribution in [2.45, 2.75) is 0 Å². The molecule has 0 radical (unpaired) electrons. The van der Waals surface area contributed by atoms with Crippen LogP contribution in [0.3, 0.4) is 0 Å². The topological polar surface area (TPSA) is 18.5 Å². The van der Waals surface area contributed by atoms with Crippen LogP contribution < -0.4 is 9.47 Å². The standard InChI is InChI=1S/C10H9FO2Se/c1-12-8-3-6-7(11)5-14-10(6)4-9(8)13-2/h3-5H,1-2H3. The molecule has 0 atom stereocenters. The number of halogens is 1. The van der Waals surface area contributed by atoms with Crippen molar-refractivity contribution in [2.75, 3.05) is 14.2 Å². The molecule has 0 unspecified atom stereocenters. The molecule has 2 rings (SSSR count). The Labute approximate surface area is 87.0 Å². The van der Waals surface area contributed by atoms with Crippen LogP contribution in [0.25, 0.3) is 9.65 Å². The van der Waals surface area contributed by atoms with Gasteiger partial charge in [-0.2, -0.15) is 0 Å². The average molecular weight is 259 g/mol. The number of methoxy groups -OCH3 is 2. The molecule has 0 bridgehead atoms. The molecule has 2 aromatic rings. The van der Waals surface area contributed by atoms with Crippen LogP contribution in [0, 0.1) is 5.82 Å². The molecule has 0 aliphatic rings. The molecule has 14 heavy (non-hydrogen) atoms. The van der Waals surface area contributed by atoms with Crippen molar-refractivity contribution in [3.63, 3.8) is 0 Å². The van der Waals surface area contributed by atoms with E-state index in [9.17, 15) is 4.39 Å². The third kappa shape index (κ3) is 1.41. The molecule has 1 aromatic carbocycles. The normalized spacial score (nSPS) is 10.5. The van der Waals surface area contributed by atoms with Gasteiger partial charge in [-0.15, -0.1) is 0 Å². The molecule has 2 nitrogen and oxygen atoms in total. The van der Waals surface area contributed by atoms with E-state index < -0.39 is 0 Å². The van der Waals surface area contributed by atoms with Crippen LogP contribution in [0.15, 0.2) is 17.1 Å². The van der Waals surface area contributed by atoms with Gasteiger partial charge in [0.1, 0.15) is 0 Å². The van der Waals surface area contributed by atoms with Gasteiger partial charge in [0.2, 0.25) is 0 Å². The zero-order valence-corrected chi connectivity index (χ0v) is 9.55. The molecule has 0 N–H and O–H groups in total. The molecule has 0 spiro atoms. The minimum atomic E-state index is -0.152. The van der Waals surface area contributed by atoms with Gasteiger partial charge in [-0.05, 0) is 0 Å². The van der Waals surface area contributed by atoms with Crippen molar-refractivity contribution in [1.82, 2.24) is 0 Å². The zero-order valence-electron chi connectivity index (χ0n) is 7.83. The van der Waals surface area contributed by atoms with E-state index in [1.807, 2.05) is 6.07 Å². The second-order valence-electron chi connectivity index (χ2n) is 2.79. The van der Waals surface area contributed by atoms with Gasteiger partial charge in [-0.3, -0.25) is 0 Å². The molecule has 0 amide bonds. The van der Waals surface area contributed by atoms with Gasteiger partial charge in [0.05, 0.1) is 0 Å². The summed E-state index contributed by atoms with van der Waals surface area (Å²) in [5, 5.41) is 0.641. The van der Waals surface area contributed by atoms with Crippen LogP contribution in [0.1, 0.15) is 0 Å². The minimum absolute atomic E-state index is 0.0823. The predicted octanol–water partition coefficient (Wildman–Crippen LogP) is 2.05. The summed E-state index contributed by atoms with van der Waals surface area (Å²) >= 11 is 0.0823. The van der Waals surface area contributed by atoms with Crippen LogP contribution in [0.4, 0.5) is 4.39 Å². The Kier molecular flexibility index (Phi) is 2.48. The third-order valence-corrected chi connectivity index (χ3v) is 3.96. The second kappa shape index (κ2) is 3.64. The van der Waals surface area contributed by atoms with E-state index in [1.54, 1.807) is 25.2 Å². The summed E-state index contributed by atoms with van der Waals surface area (Å²) in [6.45, 7) is 0.